The quantitative estimate of drug-likeness (QED) is 0.542. The lowest BCUT2D eigenvalue weighted by Crippen LogP contribution is -2.45. The summed E-state index contributed by atoms with van der Waals surface area (Å²) >= 11 is 0. The molecule has 98 valence electrons. The summed E-state index contributed by atoms with van der Waals surface area (Å²) in [6.45, 7) is 3.43. The van der Waals surface area contributed by atoms with Crippen LogP contribution in [-0.4, -0.2) is 23.1 Å². The van der Waals surface area contributed by atoms with Gasteiger partial charge in [-0.05, 0) is 18.9 Å². The molecule has 0 aliphatic rings. The summed E-state index contributed by atoms with van der Waals surface area (Å²) in [7, 11) is 0. The zero-order valence-corrected chi connectivity index (χ0v) is 10.5. The molecule has 0 fully saturated rings. The van der Waals surface area contributed by atoms with Gasteiger partial charge in [-0.3, -0.25) is 14.8 Å². The lowest BCUT2D eigenvalue weighted by Gasteiger charge is -2.18. The largest absolute Gasteiger partial charge is 0.344 e. The average molecular weight is 250 g/mol. The van der Waals surface area contributed by atoms with Gasteiger partial charge in [0, 0.05) is 0 Å². The molecule has 1 aromatic rings. The Kier molecular flexibility index (Phi) is 5.32. The molecule has 0 saturated carbocycles. The molecular weight excluding hydrogens is 232 g/mol. The first-order valence-corrected chi connectivity index (χ1v) is 5.89. The first-order chi connectivity index (χ1) is 8.60. The minimum Gasteiger partial charge on any atom is -0.344 e. The number of hydrogen-bond acceptors (Lipinski definition) is 3. The second-order valence-electron chi connectivity index (χ2n) is 4.08. The van der Waals surface area contributed by atoms with E-state index in [1.807, 2.05) is 37.3 Å². The Morgan fingerprint density at radius 3 is 2.33 bits per heavy atom. The van der Waals surface area contributed by atoms with E-state index in [1.165, 1.54) is 12.4 Å². The van der Waals surface area contributed by atoms with Gasteiger partial charge in [0.2, 0.25) is 5.91 Å². The first-order valence-electron chi connectivity index (χ1n) is 5.89. The van der Waals surface area contributed by atoms with Crippen LogP contribution < -0.4 is 10.8 Å². The zero-order chi connectivity index (χ0) is 13.5. The number of rotatable bonds is 5. The predicted octanol–water partition coefficient (Wildman–Crippen LogP) is 1.19. The highest BCUT2D eigenvalue weighted by Crippen LogP contribution is 2.19. The molecule has 1 unspecified atom stereocenters. The van der Waals surface area contributed by atoms with Gasteiger partial charge in [-0.25, -0.2) is 5.48 Å². The van der Waals surface area contributed by atoms with Crippen LogP contribution in [0.4, 0.5) is 0 Å². The van der Waals surface area contributed by atoms with Crippen molar-refractivity contribution in [2.75, 3.05) is 0 Å². The predicted molar refractivity (Wildman–Crippen MR) is 67.0 cm³/mol. The fourth-order valence-corrected chi connectivity index (χ4v) is 1.73. The smallest absolute Gasteiger partial charge is 0.265 e. The van der Waals surface area contributed by atoms with Crippen LogP contribution in [0.3, 0.4) is 0 Å². The van der Waals surface area contributed by atoms with Gasteiger partial charge in [0.25, 0.3) is 5.91 Å². The summed E-state index contributed by atoms with van der Waals surface area (Å²) < 4.78 is 0. The molecule has 0 heterocycles. The van der Waals surface area contributed by atoms with Gasteiger partial charge in [-0.15, -0.1) is 0 Å². The summed E-state index contributed by atoms with van der Waals surface area (Å²) in [5.41, 5.74) is 2.42. The average Bonchev–Trinajstić information content (AvgIpc) is 2.39. The third-order valence-corrected chi connectivity index (χ3v) is 2.79. The van der Waals surface area contributed by atoms with Gasteiger partial charge in [-0.2, -0.15) is 0 Å². The first kappa shape index (κ1) is 14.2. The number of hydroxylamine groups is 1. The van der Waals surface area contributed by atoms with Crippen LogP contribution in [0.5, 0.6) is 0 Å². The van der Waals surface area contributed by atoms with Crippen molar-refractivity contribution >= 4 is 11.8 Å². The van der Waals surface area contributed by atoms with Crippen LogP contribution in [0.15, 0.2) is 30.3 Å². The Hall–Kier alpha value is -1.88. The van der Waals surface area contributed by atoms with E-state index in [4.69, 9.17) is 5.21 Å². The minimum absolute atomic E-state index is 0.222. The second-order valence-corrected chi connectivity index (χ2v) is 4.08. The van der Waals surface area contributed by atoms with Crippen LogP contribution in [-0.2, 0) is 9.59 Å². The molecule has 0 saturated heterocycles. The molecule has 2 atom stereocenters. The highest BCUT2D eigenvalue weighted by Gasteiger charge is 2.22. The van der Waals surface area contributed by atoms with Crippen LogP contribution in [0, 0.1) is 0 Å². The maximum atomic E-state index is 12.0. The van der Waals surface area contributed by atoms with E-state index in [-0.39, 0.29) is 11.8 Å². The fourth-order valence-electron chi connectivity index (χ4n) is 1.73. The number of hydrogen-bond donors (Lipinski definition) is 3. The van der Waals surface area contributed by atoms with Crippen molar-refractivity contribution in [2.45, 2.75) is 32.2 Å². The topological polar surface area (TPSA) is 78.4 Å². The monoisotopic (exact) mass is 250 g/mol. The van der Waals surface area contributed by atoms with Gasteiger partial charge in [0.15, 0.2) is 0 Å². The lowest BCUT2D eigenvalue weighted by molar-refractivity contribution is -0.134. The summed E-state index contributed by atoms with van der Waals surface area (Å²) in [5.74, 6) is -1.15. The summed E-state index contributed by atoms with van der Waals surface area (Å²) in [6, 6.07) is 8.62. The van der Waals surface area contributed by atoms with Gasteiger partial charge in [0.05, 0.1) is 5.92 Å². The summed E-state index contributed by atoms with van der Waals surface area (Å²) in [4.78, 5) is 23.2. The number of carbonyl (C=O) groups excluding carboxylic acids is 2. The number of nitrogens with one attached hydrogen (secondary N) is 2. The second kappa shape index (κ2) is 6.76. The van der Waals surface area contributed by atoms with E-state index in [0.717, 1.165) is 5.56 Å². The lowest BCUT2D eigenvalue weighted by atomic mass is 9.95. The molecule has 3 N–H and O–H groups in total. The van der Waals surface area contributed by atoms with Crippen molar-refractivity contribution < 1.29 is 14.8 Å². The highest BCUT2D eigenvalue weighted by molar-refractivity contribution is 5.89. The Morgan fingerprint density at radius 2 is 1.83 bits per heavy atom. The van der Waals surface area contributed by atoms with Gasteiger partial charge in [-0.1, -0.05) is 37.3 Å². The molecule has 5 nitrogen and oxygen atoms in total. The van der Waals surface area contributed by atoms with Crippen LogP contribution in [0.25, 0.3) is 0 Å². The molecule has 0 aromatic heterocycles. The van der Waals surface area contributed by atoms with Gasteiger partial charge in [0.1, 0.15) is 6.04 Å². The Labute approximate surface area is 106 Å². The van der Waals surface area contributed by atoms with Gasteiger partial charge < -0.3 is 5.32 Å². The summed E-state index contributed by atoms with van der Waals surface area (Å²) in [6.07, 6.45) is 0.642. The van der Waals surface area contributed by atoms with E-state index in [0.29, 0.717) is 6.42 Å². The number of benzene rings is 1. The number of carbonyl (C=O) groups is 2. The molecule has 5 heteroatoms. The maximum Gasteiger partial charge on any atom is 0.265 e. The fraction of sp³-hybridized carbons (Fsp3) is 0.385. The zero-order valence-electron chi connectivity index (χ0n) is 10.5. The molecule has 0 radical (unpaired) electrons. The molecule has 0 bridgehead atoms. The van der Waals surface area contributed by atoms with Crippen molar-refractivity contribution in [2.24, 2.45) is 0 Å². The standard InChI is InChI=1S/C13H18N2O3/c1-3-11(10-7-5-4-6-8-10)13(17)14-9(2)12(16)15-18/h4-9,11,18H,3H2,1-2H3,(H,14,17)(H,15,16)/t9-,11?/m1/s1. The normalized spacial score (nSPS) is 13.5. The van der Waals surface area contributed by atoms with E-state index >= 15 is 0 Å². The van der Waals surface area contributed by atoms with Crippen LogP contribution >= 0.6 is 0 Å². The molecule has 2 amide bonds. The molecule has 1 aromatic carbocycles. The maximum absolute atomic E-state index is 12.0. The molecule has 0 aliphatic heterocycles. The summed E-state index contributed by atoms with van der Waals surface area (Å²) in [5, 5.41) is 11.0. The van der Waals surface area contributed by atoms with E-state index < -0.39 is 11.9 Å². The van der Waals surface area contributed by atoms with Crippen molar-refractivity contribution in [1.29, 1.82) is 0 Å². The molecule has 0 spiro atoms. The number of amides is 2. The third kappa shape index (κ3) is 3.56. The highest BCUT2D eigenvalue weighted by atomic mass is 16.5. The Morgan fingerprint density at radius 1 is 1.22 bits per heavy atom. The molecular formula is C13H18N2O3. The Bertz CT molecular complexity index is 406. The van der Waals surface area contributed by atoms with Crippen LogP contribution in [0.2, 0.25) is 0 Å². The minimum atomic E-state index is -0.764. The van der Waals surface area contributed by atoms with E-state index in [9.17, 15) is 9.59 Å². The van der Waals surface area contributed by atoms with E-state index in [2.05, 4.69) is 5.32 Å². The third-order valence-electron chi connectivity index (χ3n) is 2.79. The van der Waals surface area contributed by atoms with E-state index in [1.54, 1.807) is 0 Å². The molecule has 18 heavy (non-hydrogen) atoms. The Balaban J connectivity index is 2.72. The van der Waals surface area contributed by atoms with Crippen LogP contribution in [0.1, 0.15) is 31.7 Å². The van der Waals surface area contributed by atoms with Crippen molar-refractivity contribution in [3.05, 3.63) is 35.9 Å². The van der Waals surface area contributed by atoms with Gasteiger partial charge >= 0.3 is 0 Å². The molecule has 1 rings (SSSR count). The van der Waals surface area contributed by atoms with Crippen molar-refractivity contribution in [3.63, 3.8) is 0 Å². The SMILES string of the molecule is CCC(C(=O)N[C@H](C)C(=O)NO)c1ccccc1. The molecule has 0 aliphatic carbocycles. The van der Waals surface area contributed by atoms with Crippen molar-refractivity contribution in [1.82, 2.24) is 10.8 Å². The van der Waals surface area contributed by atoms with Crippen molar-refractivity contribution in [3.8, 4) is 0 Å².